The predicted octanol–water partition coefficient (Wildman–Crippen LogP) is 1.22. The molecule has 0 saturated heterocycles. The van der Waals surface area contributed by atoms with Crippen molar-refractivity contribution in [3.63, 3.8) is 0 Å². The van der Waals surface area contributed by atoms with Crippen molar-refractivity contribution in [2.24, 2.45) is 13.0 Å². The fourth-order valence-corrected chi connectivity index (χ4v) is 1.40. The minimum absolute atomic E-state index is 0.619. The van der Waals surface area contributed by atoms with E-state index < -0.39 is 0 Å². The van der Waals surface area contributed by atoms with Crippen LogP contribution in [0.25, 0.3) is 0 Å². The fourth-order valence-electron chi connectivity index (χ4n) is 1.40. The van der Waals surface area contributed by atoms with E-state index in [1.807, 2.05) is 17.9 Å². The molecule has 0 atom stereocenters. The zero-order chi connectivity index (χ0) is 11.8. The average Bonchev–Trinajstić information content (AvgIpc) is 2.62. The summed E-state index contributed by atoms with van der Waals surface area (Å²) in [5, 5.41) is 7.66. The van der Waals surface area contributed by atoms with Gasteiger partial charge in [0.1, 0.15) is 0 Å². The lowest BCUT2D eigenvalue weighted by Gasteiger charge is -2.07. The molecule has 1 rings (SSSR count). The lowest BCUT2D eigenvalue weighted by molar-refractivity contribution is 0.112. The Kier molecular flexibility index (Phi) is 6.11. The molecule has 1 N–H and O–H groups in total. The fraction of sp³-hybridized carbons (Fsp3) is 0.750. The molecule has 1 aromatic heterocycles. The van der Waals surface area contributed by atoms with E-state index in [1.54, 1.807) is 0 Å². The maximum atomic E-state index is 5.47. The third-order valence-electron chi connectivity index (χ3n) is 2.20. The van der Waals surface area contributed by atoms with Crippen LogP contribution in [0.1, 0.15) is 19.5 Å². The number of nitrogens with zero attached hydrogens (tertiary/aromatic N) is 2. The lowest BCUT2D eigenvalue weighted by Crippen LogP contribution is -2.23. The van der Waals surface area contributed by atoms with Gasteiger partial charge in [-0.2, -0.15) is 5.10 Å². The van der Waals surface area contributed by atoms with Crippen LogP contribution < -0.4 is 5.32 Å². The molecule has 0 fully saturated rings. The Bertz CT molecular complexity index is 284. The van der Waals surface area contributed by atoms with Crippen LogP contribution in [0.3, 0.4) is 0 Å². The third kappa shape index (κ3) is 5.88. The summed E-state index contributed by atoms with van der Waals surface area (Å²) in [6, 6.07) is 2.05. The largest absolute Gasteiger partial charge is 0.380 e. The lowest BCUT2D eigenvalue weighted by atomic mass is 10.2. The molecule has 16 heavy (non-hydrogen) atoms. The maximum absolute atomic E-state index is 5.47. The molecule has 4 heteroatoms. The number of rotatable bonds is 8. The molecule has 92 valence electrons. The van der Waals surface area contributed by atoms with Crippen LogP contribution in [-0.2, 0) is 18.2 Å². The highest BCUT2D eigenvalue weighted by molar-refractivity contribution is 4.98. The van der Waals surface area contributed by atoms with Gasteiger partial charge in [0.2, 0.25) is 0 Å². The van der Waals surface area contributed by atoms with E-state index in [0.29, 0.717) is 5.92 Å². The van der Waals surface area contributed by atoms with Gasteiger partial charge in [0.15, 0.2) is 0 Å². The topological polar surface area (TPSA) is 39.1 Å². The Morgan fingerprint density at radius 3 is 2.88 bits per heavy atom. The molecule has 0 unspecified atom stereocenters. The molecule has 0 spiro atoms. The average molecular weight is 225 g/mol. The van der Waals surface area contributed by atoms with Crippen molar-refractivity contribution in [3.05, 3.63) is 18.0 Å². The van der Waals surface area contributed by atoms with E-state index in [-0.39, 0.29) is 0 Å². The monoisotopic (exact) mass is 225 g/mol. The maximum Gasteiger partial charge on any atom is 0.0637 e. The van der Waals surface area contributed by atoms with Gasteiger partial charge in [-0.1, -0.05) is 13.8 Å². The molecule has 0 aliphatic heterocycles. The van der Waals surface area contributed by atoms with E-state index in [4.69, 9.17) is 4.74 Å². The molecule has 1 aromatic rings. The van der Waals surface area contributed by atoms with Crippen LogP contribution >= 0.6 is 0 Å². The molecule has 1 heterocycles. The highest BCUT2D eigenvalue weighted by Gasteiger charge is 1.96. The highest BCUT2D eigenvalue weighted by atomic mass is 16.5. The highest BCUT2D eigenvalue weighted by Crippen LogP contribution is 1.94. The van der Waals surface area contributed by atoms with Gasteiger partial charge in [-0.15, -0.1) is 0 Å². The quantitative estimate of drug-likeness (QED) is 0.676. The number of hydrogen-bond donors (Lipinski definition) is 1. The van der Waals surface area contributed by atoms with Crippen molar-refractivity contribution in [2.45, 2.75) is 20.3 Å². The number of nitrogens with one attached hydrogen (secondary N) is 1. The van der Waals surface area contributed by atoms with Gasteiger partial charge < -0.3 is 10.1 Å². The van der Waals surface area contributed by atoms with Gasteiger partial charge in [0, 0.05) is 39.4 Å². The first-order valence-electron chi connectivity index (χ1n) is 5.95. The molecule has 0 radical (unpaired) electrons. The van der Waals surface area contributed by atoms with Crippen molar-refractivity contribution in [1.82, 2.24) is 15.1 Å². The van der Waals surface area contributed by atoms with E-state index >= 15 is 0 Å². The number of aromatic nitrogens is 2. The van der Waals surface area contributed by atoms with Crippen LogP contribution in [0.4, 0.5) is 0 Å². The number of ether oxygens (including phenoxy) is 1. The minimum Gasteiger partial charge on any atom is -0.380 e. The van der Waals surface area contributed by atoms with Crippen molar-refractivity contribution < 1.29 is 4.74 Å². The minimum atomic E-state index is 0.619. The molecule has 4 nitrogen and oxygen atoms in total. The van der Waals surface area contributed by atoms with E-state index in [9.17, 15) is 0 Å². The molecule has 0 aromatic carbocycles. The Hall–Kier alpha value is -0.870. The summed E-state index contributed by atoms with van der Waals surface area (Å²) in [7, 11) is 1.94. The standard InChI is InChI=1S/C12H23N3O/c1-11(2)10-16-9-7-13-6-4-12-5-8-15(3)14-12/h5,8,11,13H,4,6-7,9-10H2,1-3H3. The van der Waals surface area contributed by atoms with Crippen molar-refractivity contribution in [1.29, 1.82) is 0 Å². The Morgan fingerprint density at radius 1 is 1.44 bits per heavy atom. The van der Waals surface area contributed by atoms with Gasteiger partial charge in [-0.3, -0.25) is 4.68 Å². The summed E-state index contributed by atoms with van der Waals surface area (Å²) < 4.78 is 7.30. The van der Waals surface area contributed by atoms with Gasteiger partial charge >= 0.3 is 0 Å². The summed E-state index contributed by atoms with van der Waals surface area (Å²) in [6.07, 6.45) is 2.95. The Morgan fingerprint density at radius 2 is 2.25 bits per heavy atom. The van der Waals surface area contributed by atoms with Crippen molar-refractivity contribution >= 4 is 0 Å². The first-order valence-corrected chi connectivity index (χ1v) is 5.95. The molecular formula is C12H23N3O. The second-order valence-corrected chi connectivity index (χ2v) is 4.45. The van der Waals surface area contributed by atoms with Crippen molar-refractivity contribution in [2.75, 3.05) is 26.3 Å². The van der Waals surface area contributed by atoms with E-state index in [1.165, 1.54) is 0 Å². The normalized spacial score (nSPS) is 11.2. The van der Waals surface area contributed by atoms with E-state index in [2.05, 4.69) is 30.3 Å². The summed E-state index contributed by atoms with van der Waals surface area (Å²) in [5.74, 6) is 0.619. The van der Waals surface area contributed by atoms with Gasteiger partial charge in [0.25, 0.3) is 0 Å². The van der Waals surface area contributed by atoms with Crippen molar-refractivity contribution in [3.8, 4) is 0 Å². The SMILES string of the molecule is CC(C)COCCNCCc1ccn(C)n1. The van der Waals surface area contributed by atoms with Crippen LogP contribution in [0.2, 0.25) is 0 Å². The second kappa shape index (κ2) is 7.41. The molecule has 0 aliphatic carbocycles. The van der Waals surface area contributed by atoms with Gasteiger partial charge in [-0.25, -0.2) is 0 Å². The zero-order valence-corrected chi connectivity index (χ0v) is 10.6. The zero-order valence-electron chi connectivity index (χ0n) is 10.6. The van der Waals surface area contributed by atoms with Crippen LogP contribution in [0, 0.1) is 5.92 Å². The van der Waals surface area contributed by atoms with Gasteiger partial charge in [0.05, 0.1) is 12.3 Å². The predicted molar refractivity (Wildman–Crippen MR) is 65.4 cm³/mol. The van der Waals surface area contributed by atoms with Crippen LogP contribution in [-0.4, -0.2) is 36.1 Å². The summed E-state index contributed by atoms with van der Waals surface area (Å²) in [5.41, 5.74) is 1.14. The van der Waals surface area contributed by atoms with Crippen LogP contribution in [0.15, 0.2) is 12.3 Å². The van der Waals surface area contributed by atoms with Crippen LogP contribution in [0.5, 0.6) is 0 Å². The first kappa shape index (κ1) is 13.2. The van der Waals surface area contributed by atoms with E-state index in [0.717, 1.165) is 38.4 Å². The molecule has 0 bridgehead atoms. The molecule has 0 saturated carbocycles. The third-order valence-corrected chi connectivity index (χ3v) is 2.20. The summed E-state index contributed by atoms with van der Waals surface area (Å²) >= 11 is 0. The number of aryl methyl sites for hydroxylation is 1. The summed E-state index contributed by atoms with van der Waals surface area (Å²) in [4.78, 5) is 0. The first-order chi connectivity index (χ1) is 7.68. The molecule has 0 aliphatic rings. The number of hydrogen-bond acceptors (Lipinski definition) is 3. The Balaban J connectivity index is 1.92. The molecular weight excluding hydrogens is 202 g/mol. The molecule has 0 amide bonds. The second-order valence-electron chi connectivity index (χ2n) is 4.45. The Labute approximate surface area is 98.0 Å². The smallest absolute Gasteiger partial charge is 0.0637 e. The summed E-state index contributed by atoms with van der Waals surface area (Å²) in [6.45, 7) is 7.84. The van der Waals surface area contributed by atoms with Gasteiger partial charge in [-0.05, 0) is 12.0 Å².